The van der Waals surface area contributed by atoms with E-state index in [1.165, 1.54) is 18.2 Å². The molecule has 2 aromatic carbocycles. The molecule has 2 N–H and O–H groups in total. The molecule has 0 radical (unpaired) electrons. The molecule has 0 spiro atoms. The monoisotopic (exact) mass is 405 g/mol. The Bertz CT molecular complexity index is 841. The molecule has 1 heterocycles. The highest BCUT2D eigenvalue weighted by molar-refractivity contribution is 9.10. The minimum atomic E-state index is -0.881. The van der Waals surface area contributed by atoms with Gasteiger partial charge in [0.05, 0.1) is 12.1 Å². The Kier molecular flexibility index (Phi) is 4.91. The van der Waals surface area contributed by atoms with E-state index in [0.717, 1.165) is 15.4 Å². The molecule has 1 aliphatic heterocycles. The summed E-state index contributed by atoms with van der Waals surface area (Å²) in [4.78, 5) is 37.6. The number of carbonyl (C=O) groups excluding carboxylic acids is 3. The molecule has 3 rings (SSSR count). The summed E-state index contributed by atoms with van der Waals surface area (Å²) in [7, 11) is 0. The SMILES string of the molecule is O=C(NN[C@H]1CC(=O)N(c2ccc(Br)cc2)C1=O)c1cccc(F)c1. The van der Waals surface area contributed by atoms with Crippen molar-refractivity contribution >= 4 is 39.3 Å². The van der Waals surface area contributed by atoms with E-state index in [-0.39, 0.29) is 17.9 Å². The van der Waals surface area contributed by atoms with Crippen LogP contribution in [0.1, 0.15) is 16.8 Å². The maximum atomic E-state index is 13.1. The standard InChI is InChI=1S/C17H13BrFN3O3/c18-11-4-6-13(7-5-11)22-15(23)9-14(17(22)25)20-21-16(24)10-2-1-3-12(19)8-10/h1-8,14,20H,9H2,(H,21,24)/t14-/m0/s1. The first kappa shape index (κ1) is 17.2. The summed E-state index contributed by atoms with van der Waals surface area (Å²) in [6.45, 7) is 0. The van der Waals surface area contributed by atoms with Gasteiger partial charge in [-0.25, -0.2) is 14.7 Å². The van der Waals surface area contributed by atoms with Crippen LogP contribution in [-0.4, -0.2) is 23.8 Å². The normalized spacial score (nSPS) is 17.0. The molecular weight excluding hydrogens is 393 g/mol. The van der Waals surface area contributed by atoms with Crippen LogP contribution in [0.3, 0.4) is 0 Å². The minimum Gasteiger partial charge on any atom is -0.287 e. The number of nitrogens with one attached hydrogen (secondary N) is 2. The van der Waals surface area contributed by atoms with Gasteiger partial charge in [-0.1, -0.05) is 22.0 Å². The highest BCUT2D eigenvalue weighted by Crippen LogP contribution is 2.24. The Labute approximate surface area is 151 Å². The fraction of sp³-hybridized carbons (Fsp3) is 0.118. The van der Waals surface area contributed by atoms with Crippen LogP contribution in [0.4, 0.5) is 10.1 Å². The number of nitrogens with zero attached hydrogens (tertiary/aromatic N) is 1. The van der Waals surface area contributed by atoms with Gasteiger partial charge in [0.25, 0.3) is 11.8 Å². The van der Waals surface area contributed by atoms with Crippen molar-refractivity contribution in [2.24, 2.45) is 0 Å². The van der Waals surface area contributed by atoms with Crippen molar-refractivity contribution in [2.45, 2.75) is 12.5 Å². The van der Waals surface area contributed by atoms with Crippen LogP contribution in [0.25, 0.3) is 0 Å². The van der Waals surface area contributed by atoms with E-state index in [9.17, 15) is 18.8 Å². The van der Waals surface area contributed by atoms with E-state index in [0.29, 0.717) is 5.69 Å². The maximum Gasteiger partial charge on any atom is 0.265 e. The molecule has 6 nitrogen and oxygen atoms in total. The second-order valence-corrected chi connectivity index (χ2v) is 6.32. The average Bonchev–Trinajstić information content (AvgIpc) is 2.87. The lowest BCUT2D eigenvalue weighted by Gasteiger charge is -2.16. The summed E-state index contributed by atoms with van der Waals surface area (Å²) in [5, 5.41) is 0. The number of anilines is 1. The fourth-order valence-electron chi connectivity index (χ4n) is 2.46. The van der Waals surface area contributed by atoms with Crippen LogP contribution in [-0.2, 0) is 9.59 Å². The molecule has 0 aliphatic carbocycles. The van der Waals surface area contributed by atoms with Crippen LogP contribution in [0.15, 0.2) is 53.0 Å². The molecule has 2 aromatic rings. The largest absolute Gasteiger partial charge is 0.287 e. The van der Waals surface area contributed by atoms with Crippen molar-refractivity contribution in [3.8, 4) is 0 Å². The Morgan fingerprint density at radius 2 is 1.88 bits per heavy atom. The minimum absolute atomic E-state index is 0.0850. The van der Waals surface area contributed by atoms with Crippen molar-refractivity contribution in [3.63, 3.8) is 0 Å². The van der Waals surface area contributed by atoms with Gasteiger partial charge in [-0.2, -0.15) is 0 Å². The number of benzene rings is 2. The quantitative estimate of drug-likeness (QED) is 0.603. The van der Waals surface area contributed by atoms with Crippen LogP contribution >= 0.6 is 15.9 Å². The highest BCUT2D eigenvalue weighted by atomic mass is 79.9. The van der Waals surface area contributed by atoms with Gasteiger partial charge in [-0.3, -0.25) is 19.8 Å². The van der Waals surface area contributed by atoms with E-state index >= 15 is 0 Å². The Balaban J connectivity index is 1.66. The van der Waals surface area contributed by atoms with E-state index in [1.54, 1.807) is 24.3 Å². The summed E-state index contributed by atoms with van der Waals surface area (Å²) in [6, 6.07) is 11.0. The molecule has 128 valence electrons. The molecule has 1 fully saturated rings. The van der Waals surface area contributed by atoms with E-state index in [4.69, 9.17) is 0 Å². The summed E-state index contributed by atoms with van der Waals surface area (Å²) in [5.74, 6) is -1.97. The zero-order valence-electron chi connectivity index (χ0n) is 12.8. The number of hydrazine groups is 1. The molecule has 0 bridgehead atoms. The molecule has 1 saturated heterocycles. The molecule has 25 heavy (non-hydrogen) atoms. The van der Waals surface area contributed by atoms with Gasteiger partial charge in [0.15, 0.2) is 0 Å². The van der Waals surface area contributed by atoms with Crippen LogP contribution in [0, 0.1) is 5.82 Å². The predicted octanol–water partition coefficient (Wildman–Crippen LogP) is 2.15. The molecule has 0 saturated carbocycles. The number of hydrogen-bond donors (Lipinski definition) is 2. The zero-order chi connectivity index (χ0) is 18.0. The Morgan fingerprint density at radius 3 is 2.56 bits per heavy atom. The molecule has 1 aliphatic rings. The van der Waals surface area contributed by atoms with Gasteiger partial charge >= 0.3 is 0 Å². The van der Waals surface area contributed by atoms with Crippen LogP contribution < -0.4 is 15.8 Å². The molecule has 3 amide bonds. The van der Waals surface area contributed by atoms with E-state index in [1.807, 2.05) is 0 Å². The van der Waals surface area contributed by atoms with Crippen molar-refractivity contribution in [2.75, 3.05) is 4.90 Å². The summed E-state index contributed by atoms with van der Waals surface area (Å²) in [5.41, 5.74) is 5.45. The second-order valence-electron chi connectivity index (χ2n) is 5.41. The number of amides is 3. The van der Waals surface area contributed by atoms with Gasteiger partial charge in [0, 0.05) is 10.0 Å². The van der Waals surface area contributed by atoms with Gasteiger partial charge in [0.1, 0.15) is 11.9 Å². The molecule has 0 aromatic heterocycles. The van der Waals surface area contributed by atoms with Gasteiger partial charge < -0.3 is 0 Å². The molecule has 8 heteroatoms. The topological polar surface area (TPSA) is 78.5 Å². The predicted molar refractivity (Wildman–Crippen MR) is 92.0 cm³/mol. The molecular formula is C17H13BrFN3O3. The van der Waals surface area contributed by atoms with Crippen molar-refractivity contribution < 1.29 is 18.8 Å². The van der Waals surface area contributed by atoms with Crippen molar-refractivity contribution in [1.82, 2.24) is 10.9 Å². The van der Waals surface area contributed by atoms with Gasteiger partial charge in [0.2, 0.25) is 5.91 Å². The lowest BCUT2D eigenvalue weighted by atomic mass is 10.2. The third-order valence-corrected chi connectivity index (χ3v) is 4.21. The number of halogens is 2. The van der Waals surface area contributed by atoms with Crippen LogP contribution in [0.5, 0.6) is 0 Å². The number of carbonyl (C=O) groups is 3. The molecule has 0 unspecified atom stereocenters. The summed E-state index contributed by atoms with van der Waals surface area (Å²) in [6.07, 6.45) is -0.0850. The third-order valence-electron chi connectivity index (χ3n) is 3.68. The summed E-state index contributed by atoms with van der Waals surface area (Å²) >= 11 is 3.29. The third kappa shape index (κ3) is 3.75. The first-order valence-corrected chi connectivity index (χ1v) is 8.19. The highest BCUT2D eigenvalue weighted by Gasteiger charge is 2.39. The van der Waals surface area contributed by atoms with Gasteiger partial charge in [-0.05, 0) is 42.5 Å². The number of hydrogen-bond acceptors (Lipinski definition) is 4. The fourth-order valence-corrected chi connectivity index (χ4v) is 2.73. The lowest BCUT2D eigenvalue weighted by Crippen LogP contribution is -2.48. The average molecular weight is 406 g/mol. The first-order valence-electron chi connectivity index (χ1n) is 7.39. The van der Waals surface area contributed by atoms with Crippen molar-refractivity contribution in [3.05, 3.63) is 64.4 Å². The number of imide groups is 1. The number of rotatable bonds is 4. The van der Waals surface area contributed by atoms with E-state index in [2.05, 4.69) is 26.8 Å². The van der Waals surface area contributed by atoms with Crippen molar-refractivity contribution in [1.29, 1.82) is 0 Å². The first-order chi connectivity index (χ1) is 12.0. The smallest absolute Gasteiger partial charge is 0.265 e. The van der Waals surface area contributed by atoms with Gasteiger partial charge in [-0.15, -0.1) is 0 Å². The van der Waals surface area contributed by atoms with E-state index < -0.39 is 23.7 Å². The zero-order valence-corrected chi connectivity index (χ0v) is 14.4. The maximum absolute atomic E-state index is 13.1. The molecule has 1 atom stereocenters. The Hall–Kier alpha value is -2.58. The Morgan fingerprint density at radius 1 is 1.16 bits per heavy atom. The van der Waals surface area contributed by atoms with Crippen LogP contribution in [0.2, 0.25) is 0 Å². The second kappa shape index (κ2) is 7.12. The summed E-state index contributed by atoms with van der Waals surface area (Å²) < 4.78 is 14.0. The lowest BCUT2D eigenvalue weighted by molar-refractivity contribution is -0.121.